The molecule has 0 saturated heterocycles. The van der Waals surface area contributed by atoms with E-state index < -0.39 is 0 Å². The van der Waals surface area contributed by atoms with Gasteiger partial charge in [-0.2, -0.15) is 0 Å². The van der Waals surface area contributed by atoms with Gasteiger partial charge in [-0.3, -0.25) is 4.79 Å². The van der Waals surface area contributed by atoms with Gasteiger partial charge in [-0.15, -0.1) is 0 Å². The van der Waals surface area contributed by atoms with Crippen LogP contribution in [0.15, 0.2) is 12.3 Å². The number of aromatic nitrogens is 1. The predicted octanol–water partition coefficient (Wildman–Crippen LogP) is 1.63. The number of hydrogen-bond acceptors (Lipinski definition) is 2. The number of carbonyl (C=O) groups is 1. The van der Waals surface area contributed by atoms with Crippen LogP contribution < -0.4 is 11.1 Å². The van der Waals surface area contributed by atoms with Gasteiger partial charge >= 0.3 is 0 Å². The second kappa shape index (κ2) is 5.92. The highest BCUT2D eigenvalue weighted by Crippen LogP contribution is 2.14. The Balaban J connectivity index is 2.81. The van der Waals surface area contributed by atoms with E-state index in [0.717, 1.165) is 13.0 Å². The molecule has 0 aliphatic rings. The Hall–Kier alpha value is -1.00. The Morgan fingerprint density at radius 1 is 1.69 bits per heavy atom. The van der Waals surface area contributed by atoms with Gasteiger partial charge in [0.2, 0.25) is 0 Å². The highest BCUT2D eigenvalue weighted by atomic mass is 35.5. The Labute approximate surface area is 101 Å². The first-order valence-electron chi connectivity index (χ1n) is 5.45. The summed E-state index contributed by atoms with van der Waals surface area (Å²) in [7, 11) is 0. The van der Waals surface area contributed by atoms with Crippen LogP contribution in [-0.2, 0) is 6.54 Å². The summed E-state index contributed by atoms with van der Waals surface area (Å²) in [5, 5.41) is 3.40. The van der Waals surface area contributed by atoms with Crippen molar-refractivity contribution in [1.29, 1.82) is 0 Å². The number of amides is 1. The molecule has 0 saturated carbocycles. The molecule has 1 heterocycles. The number of nitrogens with one attached hydrogen (secondary N) is 1. The van der Waals surface area contributed by atoms with Gasteiger partial charge in [-0.25, -0.2) is 0 Å². The summed E-state index contributed by atoms with van der Waals surface area (Å²) in [6, 6.07) is 1.65. The third-order valence-corrected chi connectivity index (χ3v) is 2.50. The van der Waals surface area contributed by atoms with E-state index in [1.165, 1.54) is 0 Å². The lowest BCUT2D eigenvalue weighted by Crippen LogP contribution is -2.38. The van der Waals surface area contributed by atoms with Gasteiger partial charge in [-0.05, 0) is 19.4 Å². The van der Waals surface area contributed by atoms with Crippen LogP contribution in [0, 0.1) is 0 Å². The molecule has 4 nitrogen and oxygen atoms in total. The number of nitrogens with zero attached hydrogens (tertiary/aromatic N) is 1. The van der Waals surface area contributed by atoms with Crippen LogP contribution in [0.3, 0.4) is 0 Å². The summed E-state index contributed by atoms with van der Waals surface area (Å²) in [6.45, 7) is 5.13. The maximum Gasteiger partial charge on any atom is 0.268 e. The van der Waals surface area contributed by atoms with Gasteiger partial charge in [0.05, 0.1) is 5.02 Å². The number of rotatable bonds is 5. The van der Waals surface area contributed by atoms with E-state index in [2.05, 4.69) is 12.2 Å². The van der Waals surface area contributed by atoms with E-state index in [0.29, 0.717) is 17.3 Å². The summed E-state index contributed by atoms with van der Waals surface area (Å²) in [6.07, 6.45) is 2.73. The molecule has 1 amide bonds. The molecule has 5 heteroatoms. The van der Waals surface area contributed by atoms with Gasteiger partial charge in [0.1, 0.15) is 5.69 Å². The normalized spacial score (nSPS) is 12.5. The minimum absolute atomic E-state index is 0.0312. The molecule has 1 atom stereocenters. The molecule has 3 N–H and O–H groups in total. The molecule has 0 fully saturated rings. The highest BCUT2D eigenvalue weighted by molar-refractivity contribution is 6.31. The maximum absolute atomic E-state index is 11.9. The molecule has 0 aromatic carbocycles. The van der Waals surface area contributed by atoms with Crippen LogP contribution in [0.1, 0.15) is 30.8 Å². The zero-order valence-electron chi connectivity index (χ0n) is 9.66. The zero-order chi connectivity index (χ0) is 12.1. The Morgan fingerprint density at radius 3 is 2.94 bits per heavy atom. The number of nitrogens with two attached hydrogens (primary N) is 1. The number of halogens is 1. The molecule has 1 unspecified atom stereocenters. The lowest BCUT2D eigenvalue weighted by atomic mass is 10.3. The predicted molar refractivity (Wildman–Crippen MR) is 65.7 cm³/mol. The molecule has 0 radical (unpaired) electrons. The minimum Gasteiger partial charge on any atom is -0.347 e. The number of aryl methyl sites for hydroxylation is 1. The summed E-state index contributed by atoms with van der Waals surface area (Å²) in [5.41, 5.74) is 6.04. The van der Waals surface area contributed by atoms with E-state index in [-0.39, 0.29) is 11.9 Å². The third kappa shape index (κ3) is 3.25. The van der Waals surface area contributed by atoms with Crippen LogP contribution in [-0.4, -0.2) is 23.1 Å². The Bertz CT molecular complexity index is 362. The van der Waals surface area contributed by atoms with E-state index in [9.17, 15) is 4.79 Å². The van der Waals surface area contributed by atoms with Crippen molar-refractivity contribution in [2.45, 2.75) is 32.9 Å². The topological polar surface area (TPSA) is 60.0 Å². The Kier molecular flexibility index (Phi) is 4.83. The highest BCUT2D eigenvalue weighted by Gasteiger charge is 2.14. The van der Waals surface area contributed by atoms with Crippen molar-refractivity contribution in [2.75, 3.05) is 6.54 Å². The molecular weight excluding hydrogens is 226 g/mol. The van der Waals surface area contributed by atoms with Crippen molar-refractivity contribution in [2.24, 2.45) is 5.73 Å². The molecule has 1 rings (SSSR count). The molecule has 0 aliphatic heterocycles. The number of carbonyl (C=O) groups excluding carboxylic acids is 1. The van der Waals surface area contributed by atoms with Crippen LogP contribution in [0.5, 0.6) is 0 Å². The summed E-state index contributed by atoms with van der Waals surface area (Å²) in [5.74, 6) is -0.127. The van der Waals surface area contributed by atoms with Crippen LogP contribution >= 0.6 is 11.6 Å². The summed E-state index contributed by atoms with van der Waals surface area (Å²) < 4.78 is 1.86. The van der Waals surface area contributed by atoms with E-state index in [1.807, 2.05) is 11.5 Å². The number of hydrogen-bond donors (Lipinski definition) is 2. The SMILES string of the molecule is CCCn1cc(Cl)cc1C(=O)NC(C)CN. The first-order chi connectivity index (χ1) is 7.58. The van der Waals surface area contributed by atoms with Crippen molar-refractivity contribution in [3.63, 3.8) is 0 Å². The van der Waals surface area contributed by atoms with Crippen molar-refractivity contribution in [1.82, 2.24) is 9.88 Å². The van der Waals surface area contributed by atoms with Crippen LogP contribution in [0.25, 0.3) is 0 Å². The molecule has 1 aromatic heterocycles. The van der Waals surface area contributed by atoms with E-state index >= 15 is 0 Å². The van der Waals surface area contributed by atoms with E-state index in [1.54, 1.807) is 12.3 Å². The molecule has 0 spiro atoms. The molecule has 0 bridgehead atoms. The molecule has 90 valence electrons. The third-order valence-electron chi connectivity index (χ3n) is 2.29. The average Bonchev–Trinajstić information content (AvgIpc) is 2.60. The zero-order valence-corrected chi connectivity index (χ0v) is 10.4. The smallest absolute Gasteiger partial charge is 0.268 e. The second-order valence-electron chi connectivity index (χ2n) is 3.85. The second-order valence-corrected chi connectivity index (χ2v) is 4.28. The van der Waals surface area contributed by atoms with Crippen molar-refractivity contribution in [3.05, 3.63) is 23.0 Å². The van der Waals surface area contributed by atoms with Crippen molar-refractivity contribution in [3.8, 4) is 0 Å². The lowest BCUT2D eigenvalue weighted by molar-refractivity contribution is 0.0932. The fraction of sp³-hybridized carbons (Fsp3) is 0.545. The van der Waals surface area contributed by atoms with Gasteiger partial charge in [0.25, 0.3) is 5.91 Å². The molecular formula is C11H18ClN3O. The fourth-order valence-electron chi connectivity index (χ4n) is 1.45. The quantitative estimate of drug-likeness (QED) is 0.826. The summed E-state index contributed by atoms with van der Waals surface area (Å²) in [4.78, 5) is 11.9. The Morgan fingerprint density at radius 2 is 2.38 bits per heavy atom. The average molecular weight is 244 g/mol. The van der Waals surface area contributed by atoms with E-state index in [4.69, 9.17) is 17.3 Å². The largest absolute Gasteiger partial charge is 0.347 e. The van der Waals surface area contributed by atoms with Gasteiger partial charge < -0.3 is 15.6 Å². The van der Waals surface area contributed by atoms with Crippen molar-refractivity contribution < 1.29 is 4.79 Å². The van der Waals surface area contributed by atoms with Gasteiger partial charge in [0.15, 0.2) is 0 Å². The van der Waals surface area contributed by atoms with Gasteiger partial charge in [-0.1, -0.05) is 18.5 Å². The fourth-order valence-corrected chi connectivity index (χ4v) is 1.67. The molecule has 0 aliphatic carbocycles. The summed E-state index contributed by atoms with van der Waals surface area (Å²) >= 11 is 5.89. The minimum atomic E-state index is -0.127. The lowest BCUT2D eigenvalue weighted by Gasteiger charge is -2.12. The van der Waals surface area contributed by atoms with Crippen LogP contribution in [0.2, 0.25) is 5.02 Å². The standard InChI is InChI=1S/C11H18ClN3O/c1-3-4-15-7-9(12)5-10(15)11(16)14-8(2)6-13/h5,7-8H,3-4,6,13H2,1-2H3,(H,14,16). The monoisotopic (exact) mass is 243 g/mol. The van der Waals surface area contributed by atoms with Crippen LogP contribution in [0.4, 0.5) is 0 Å². The van der Waals surface area contributed by atoms with Gasteiger partial charge in [0, 0.05) is 25.3 Å². The van der Waals surface area contributed by atoms with Crippen molar-refractivity contribution >= 4 is 17.5 Å². The molecule has 16 heavy (non-hydrogen) atoms. The maximum atomic E-state index is 11.9. The first-order valence-corrected chi connectivity index (χ1v) is 5.82. The molecule has 1 aromatic rings. The first kappa shape index (κ1) is 13.1.